The van der Waals surface area contributed by atoms with Crippen molar-refractivity contribution in [3.05, 3.63) is 22.3 Å². The van der Waals surface area contributed by atoms with Crippen molar-refractivity contribution >= 4 is 15.9 Å². The molecule has 0 saturated carbocycles. The fourth-order valence-electron chi connectivity index (χ4n) is 1.20. The van der Waals surface area contributed by atoms with Crippen LogP contribution in [0.15, 0.2) is 16.7 Å². The average Bonchev–Trinajstić information content (AvgIpc) is 2.30. The number of ether oxygens (including phenoxy) is 3. The number of hydrogen-bond donors (Lipinski definition) is 0. The normalized spacial score (nSPS) is 10.5. The number of nitrogens with zero attached hydrogens (tertiary/aromatic N) is 1. The van der Waals surface area contributed by atoms with Gasteiger partial charge < -0.3 is 14.2 Å². The molecule has 96 valence electrons. The summed E-state index contributed by atoms with van der Waals surface area (Å²) in [6.07, 6.45) is 2.63. The molecule has 17 heavy (non-hydrogen) atoms. The van der Waals surface area contributed by atoms with Crippen molar-refractivity contribution in [2.24, 2.45) is 0 Å². The molecule has 0 fully saturated rings. The molecule has 5 heteroatoms. The van der Waals surface area contributed by atoms with Gasteiger partial charge in [0.25, 0.3) is 0 Å². The highest BCUT2D eigenvalue weighted by atomic mass is 79.9. The fourth-order valence-corrected chi connectivity index (χ4v) is 1.78. The van der Waals surface area contributed by atoms with Gasteiger partial charge in [-0.1, -0.05) is 0 Å². The van der Waals surface area contributed by atoms with E-state index in [-0.39, 0.29) is 0 Å². The molecule has 0 amide bonds. The van der Waals surface area contributed by atoms with E-state index < -0.39 is 0 Å². The minimum Gasteiger partial charge on any atom is -0.477 e. The number of rotatable bonds is 8. The third kappa shape index (κ3) is 6.00. The summed E-state index contributed by atoms with van der Waals surface area (Å²) in [6.45, 7) is 4.52. The van der Waals surface area contributed by atoms with Gasteiger partial charge in [0, 0.05) is 26.3 Å². The quantitative estimate of drug-likeness (QED) is 0.692. The highest BCUT2D eigenvalue weighted by Gasteiger charge is 2.02. The second-order valence-corrected chi connectivity index (χ2v) is 4.46. The molecule has 0 atom stereocenters. The van der Waals surface area contributed by atoms with Gasteiger partial charge in [-0.2, -0.15) is 0 Å². The third-order valence-corrected chi connectivity index (χ3v) is 2.62. The summed E-state index contributed by atoms with van der Waals surface area (Å²) in [5.74, 6) is 0.632. The largest absolute Gasteiger partial charge is 0.477 e. The zero-order valence-corrected chi connectivity index (χ0v) is 11.8. The fraction of sp³-hybridized carbons (Fsp3) is 0.583. The van der Waals surface area contributed by atoms with Crippen molar-refractivity contribution in [3.8, 4) is 5.88 Å². The van der Waals surface area contributed by atoms with E-state index in [0.29, 0.717) is 32.3 Å². The molecule has 1 aromatic heterocycles. The Morgan fingerprint density at radius 3 is 2.76 bits per heavy atom. The topological polar surface area (TPSA) is 40.6 Å². The van der Waals surface area contributed by atoms with Gasteiger partial charge in [-0.15, -0.1) is 0 Å². The van der Waals surface area contributed by atoms with E-state index >= 15 is 0 Å². The van der Waals surface area contributed by atoms with Crippen LogP contribution in [0.2, 0.25) is 0 Å². The Hall–Kier alpha value is -0.650. The Bertz CT molecular complexity index is 334. The molecule has 4 nitrogen and oxygen atoms in total. The van der Waals surface area contributed by atoms with Crippen LogP contribution in [0, 0.1) is 6.92 Å². The molecular weight excluding hydrogens is 286 g/mol. The van der Waals surface area contributed by atoms with Gasteiger partial charge in [0.05, 0.1) is 24.3 Å². The van der Waals surface area contributed by atoms with Crippen LogP contribution in [0.1, 0.15) is 12.0 Å². The minimum atomic E-state index is 0.599. The van der Waals surface area contributed by atoms with Crippen LogP contribution < -0.4 is 4.74 Å². The lowest BCUT2D eigenvalue weighted by atomic mass is 10.3. The van der Waals surface area contributed by atoms with E-state index in [1.807, 2.05) is 13.0 Å². The summed E-state index contributed by atoms with van der Waals surface area (Å²) >= 11 is 3.42. The maximum absolute atomic E-state index is 5.53. The van der Waals surface area contributed by atoms with E-state index in [2.05, 4.69) is 20.9 Å². The number of methoxy groups -OCH3 is 1. The highest BCUT2D eigenvalue weighted by Crippen LogP contribution is 2.22. The van der Waals surface area contributed by atoms with E-state index in [1.165, 1.54) is 0 Å². The Morgan fingerprint density at radius 2 is 2.06 bits per heavy atom. The molecule has 0 aliphatic rings. The SMILES string of the molecule is COCCOCCCOc1ncc(C)cc1Br. The van der Waals surface area contributed by atoms with Gasteiger partial charge in [0.1, 0.15) is 0 Å². The summed E-state index contributed by atoms with van der Waals surface area (Å²) < 4.78 is 16.6. The van der Waals surface area contributed by atoms with Crippen molar-refractivity contribution in [2.75, 3.05) is 33.5 Å². The summed E-state index contributed by atoms with van der Waals surface area (Å²) in [6, 6.07) is 1.98. The van der Waals surface area contributed by atoms with Crippen molar-refractivity contribution in [3.63, 3.8) is 0 Å². The molecular formula is C12H18BrNO3. The Morgan fingerprint density at radius 1 is 1.24 bits per heavy atom. The molecule has 0 bridgehead atoms. The molecule has 1 aromatic rings. The Labute approximate surface area is 110 Å². The van der Waals surface area contributed by atoms with Crippen LogP contribution in [-0.2, 0) is 9.47 Å². The third-order valence-electron chi connectivity index (χ3n) is 2.05. The van der Waals surface area contributed by atoms with Crippen LogP contribution in [-0.4, -0.2) is 38.5 Å². The van der Waals surface area contributed by atoms with E-state index in [9.17, 15) is 0 Å². The monoisotopic (exact) mass is 303 g/mol. The number of aryl methyl sites for hydroxylation is 1. The zero-order valence-electron chi connectivity index (χ0n) is 10.2. The van der Waals surface area contributed by atoms with E-state index in [0.717, 1.165) is 16.5 Å². The van der Waals surface area contributed by atoms with Crippen LogP contribution in [0.25, 0.3) is 0 Å². The first-order chi connectivity index (χ1) is 8.24. The molecule has 0 aromatic carbocycles. The van der Waals surface area contributed by atoms with Gasteiger partial charge >= 0.3 is 0 Å². The maximum Gasteiger partial charge on any atom is 0.227 e. The predicted octanol–water partition coefficient (Wildman–Crippen LogP) is 2.58. The molecule has 1 heterocycles. The van der Waals surface area contributed by atoms with Gasteiger partial charge in [-0.05, 0) is 34.5 Å². The van der Waals surface area contributed by atoms with Crippen molar-refractivity contribution in [1.29, 1.82) is 0 Å². The van der Waals surface area contributed by atoms with Crippen molar-refractivity contribution in [1.82, 2.24) is 4.98 Å². The lowest BCUT2D eigenvalue weighted by Gasteiger charge is -2.07. The average molecular weight is 304 g/mol. The highest BCUT2D eigenvalue weighted by molar-refractivity contribution is 9.10. The number of aromatic nitrogens is 1. The first kappa shape index (κ1) is 14.4. The first-order valence-corrected chi connectivity index (χ1v) is 6.35. The van der Waals surface area contributed by atoms with E-state index in [4.69, 9.17) is 14.2 Å². The second kappa shape index (κ2) is 8.44. The lowest BCUT2D eigenvalue weighted by Crippen LogP contribution is -2.07. The van der Waals surface area contributed by atoms with Gasteiger partial charge in [-0.25, -0.2) is 4.98 Å². The standard InChI is InChI=1S/C12H18BrNO3/c1-10-8-11(13)12(14-9-10)17-5-3-4-16-7-6-15-2/h8-9H,3-7H2,1-2H3. The molecule has 1 rings (SSSR count). The van der Waals surface area contributed by atoms with E-state index in [1.54, 1.807) is 13.3 Å². The van der Waals surface area contributed by atoms with Gasteiger partial charge in [0.15, 0.2) is 0 Å². The van der Waals surface area contributed by atoms with Crippen molar-refractivity contribution < 1.29 is 14.2 Å². The molecule has 0 unspecified atom stereocenters. The summed E-state index contributed by atoms with van der Waals surface area (Å²) in [4.78, 5) is 4.20. The number of hydrogen-bond acceptors (Lipinski definition) is 4. The number of halogens is 1. The second-order valence-electron chi connectivity index (χ2n) is 3.61. The summed E-state index contributed by atoms with van der Waals surface area (Å²) in [7, 11) is 1.66. The Balaban J connectivity index is 2.14. The molecule has 0 radical (unpaired) electrons. The zero-order chi connectivity index (χ0) is 12.5. The first-order valence-electron chi connectivity index (χ1n) is 5.55. The smallest absolute Gasteiger partial charge is 0.227 e. The van der Waals surface area contributed by atoms with Crippen LogP contribution in [0.4, 0.5) is 0 Å². The van der Waals surface area contributed by atoms with Crippen LogP contribution >= 0.6 is 15.9 Å². The lowest BCUT2D eigenvalue weighted by molar-refractivity contribution is 0.0641. The molecule has 0 aliphatic heterocycles. The molecule has 0 aliphatic carbocycles. The van der Waals surface area contributed by atoms with Gasteiger partial charge in [0.2, 0.25) is 5.88 Å². The number of pyridine rings is 1. The van der Waals surface area contributed by atoms with Crippen LogP contribution in [0.3, 0.4) is 0 Å². The van der Waals surface area contributed by atoms with Gasteiger partial charge in [-0.3, -0.25) is 0 Å². The molecule has 0 spiro atoms. The maximum atomic E-state index is 5.53. The predicted molar refractivity (Wildman–Crippen MR) is 69.5 cm³/mol. The summed E-state index contributed by atoms with van der Waals surface area (Å²) in [5, 5.41) is 0. The Kier molecular flexibility index (Phi) is 7.16. The minimum absolute atomic E-state index is 0.599. The molecule has 0 N–H and O–H groups in total. The van der Waals surface area contributed by atoms with Crippen LogP contribution in [0.5, 0.6) is 5.88 Å². The molecule has 0 saturated heterocycles. The van der Waals surface area contributed by atoms with Crippen molar-refractivity contribution in [2.45, 2.75) is 13.3 Å². The summed E-state index contributed by atoms with van der Waals surface area (Å²) in [5.41, 5.74) is 1.10.